The molecule has 0 heterocycles. The molecule has 9 atom stereocenters. The third-order valence-corrected chi connectivity index (χ3v) is 10.1. The van der Waals surface area contributed by atoms with E-state index in [2.05, 4.69) is 20.8 Å². The van der Waals surface area contributed by atoms with Crippen molar-refractivity contribution in [1.82, 2.24) is 0 Å². The van der Waals surface area contributed by atoms with E-state index in [1.54, 1.807) is 6.92 Å². The summed E-state index contributed by atoms with van der Waals surface area (Å²) in [5, 5.41) is 0. The molecule has 29 heavy (non-hydrogen) atoms. The van der Waals surface area contributed by atoms with E-state index in [1.807, 2.05) is 0 Å². The monoisotopic (exact) mass is 442 g/mol. The number of ether oxygens (including phenoxy) is 1. The van der Waals surface area contributed by atoms with Crippen molar-refractivity contribution in [2.45, 2.75) is 90.0 Å². The maximum absolute atomic E-state index is 12.5. The van der Waals surface area contributed by atoms with Crippen molar-refractivity contribution in [1.29, 1.82) is 0 Å². The molecule has 0 aliphatic heterocycles. The molecule has 4 saturated carbocycles. The molecule has 4 aliphatic rings. The predicted octanol–water partition coefficient (Wildman–Crippen LogP) is 6.20. The molecule has 0 saturated heterocycles. The fourth-order valence-electron chi connectivity index (χ4n) is 8.54. The van der Waals surface area contributed by atoms with Gasteiger partial charge in [-0.3, -0.25) is 4.79 Å². The van der Waals surface area contributed by atoms with Gasteiger partial charge in [0.05, 0.1) is 0 Å². The van der Waals surface area contributed by atoms with Gasteiger partial charge in [0.1, 0.15) is 11.9 Å². The minimum Gasteiger partial charge on any atom is -0.460 e. The Bertz CT molecular complexity index is 679. The first-order valence-corrected chi connectivity index (χ1v) is 12.4. The summed E-state index contributed by atoms with van der Waals surface area (Å²) < 4.78 is 6.05. The Morgan fingerprint density at radius 2 is 1.76 bits per heavy atom. The van der Waals surface area contributed by atoms with Crippen LogP contribution in [0.5, 0.6) is 0 Å². The van der Waals surface area contributed by atoms with Gasteiger partial charge in [0.15, 0.2) is 0 Å². The second-order valence-electron chi connectivity index (χ2n) is 11.2. The zero-order chi connectivity index (χ0) is 21.1. The lowest BCUT2D eigenvalue weighted by atomic mass is 9.43. The number of Topliss-reactive ketones (excluding diaryl/α,β-unsaturated/α-hetero) is 1. The van der Waals surface area contributed by atoms with Gasteiger partial charge in [0, 0.05) is 11.8 Å². The summed E-state index contributed by atoms with van der Waals surface area (Å²) in [5.74, 6) is 2.76. The lowest BCUT2D eigenvalue weighted by Crippen LogP contribution is -2.60. The van der Waals surface area contributed by atoms with E-state index in [-0.39, 0.29) is 28.6 Å². The van der Waals surface area contributed by atoms with Crippen LogP contribution in [0.1, 0.15) is 79.1 Å². The molecule has 4 aliphatic carbocycles. The van der Waals surface area contributed by atoms with Crippen LogP contribution in [0.4, 0.5) is 0 Å². The number of alkyl halides is 2. The minimum atomic E-state index is -1.15. The zero-order valence-corrected chi connectivity index (χ0v) is 19.8. The van der Waals surface area contributed by atoms with Crippen molar-refractivity contribution in [2.24, 2.45) is 46.3 Å². The van der Waals surface area contributed by atoms with Crippen LogP contribution >= 0.6 is 23.2 Å². The molecule has 0 radical (unpaired) electrons. The summed E-state index contributed by atoms with van der Waals surface area (Å²) in [5.41, 5.74) is 0.112. The Labute approximate surface area is 185 Å². The van der Waals surface area contributed by atoms with E-state index in [4.69, 9.17) is 27.9 Å². The van der Waals surface area contributed by atoms with Crippen LogP contribution in [-0.2, 0) is 14.3 Å². The summed E-state index contributed by atoms with van der Waals surface area (Å²) >= 11 is 11.8. The topological polar surface area (TPSA) is 43.4 Å². The highest BCUT2D eigenvalue weighted by Gasteiger charge is 2.64. The molecule has 0 aromatic carbocycles. The van der Waals surface area contributed by atoms with E-state index in [0.29, 0.717) is 23.7 Å². The fraction of sp³-hybridized carbons (Fsp3) is 0.917. The highest BCUT2D eigenvalue weighted by molar-refractivity contribution is 6.52. The number of halogens is 2. The molecule has 5 heteroatoms. The number of fused-ring (bicyclic) bond motifs is 5. The van der Waals surface area contributed by atoms with Crippen LogP contribution in [0.25, 0.3) is 0 Å². The Morgan fingerprint density at radius 3 is 2.41 bits per heavy atom. The van der Waals surface area contributed by atoms with Crippen LogP contribution in [0.2, 0.25) is 0 Å². The van der Waals surface area contributed by atoms with Gasteiger partial charge in [0.25, 0.3) is 0 Å². The van der Waals surface area contributed by atoms with E-state index < -0.39 is 10.8 Å². The van der Waals surface area contributed by atoms with E-state index in [0.717, 1.165) is 25.2 Å². The normalized spacial score (nSPS) is 49.1. The number of hydrogen-bond donors (Lipinski definition) is 0. The quantitative estimate of drug-likeness (QED) is 0.386. The van der Waals surface area contributed by atoms with Crippen molar-refractivity contribution in [3.8, 4) is 0 Å². The third-order valence-electron chi connectivity index (χ3n) is 9.77. The van der Waals surface area contributed by atoms with Crippen molar-refractivity contribution >= 4 is 35.0 Å². The molecule has 0 aromatic heterocycles. The average Bonchev–Trinajstić information content (AvgIpc) is 2.98. The maximum Gasteiger partial charge on any atom is 0.339 e. The van der Waals surface area contributed by atoms with Crippen LogP contribution in [0.15, 0.2) is 0 Å². The van der Waals surface area contributed by atoms with Gasteiger partial charge in [-0.25, -0.2) is 4.79 Å². The summed E-state index contributed by atoms with van der Waals surface area (Å²) in [6.45, 7) is 8.85. The van der Waals surface area contributed by atoms with Crippen LogP contribution in [-0.4, -0.2) is 22.7 Å². The molecule has 164 valence electrons. The molecular weight excluding hydrogens is 407 g/mol. The third kappa shape index (κ3) is 3.47. The Morgan fingerprint density at radius 1 is 1.03 bits per heavy atom. The fourth-order valence-corrected chi connectivity index (χ4v) is 8.64. The lowest BCUT2D eigenvalue weighted by molar-refractivity contribution is -0.195. The van der Waals surface area contributed by atoms with Crippen molar-refractivity contribution in [2.75, 3.05) is 0 Å². The first kappa shape index (κ1) is 21.9. The zero-order valence-electron chi connectivity index (χ0n) is 18.3. The number of hydrogen-bond acceptors (Lipinski definition) is 3. The highest BCUT2D eigenvalue weighted by atomic mass is 35.5. The second-order valence-corrected chi connectivity index (χ2v) is 12.3. The molecule has 0 spiro atoms. The smallest absolute Gasteiger partial charge is 0.339 e. The van der Waals surface area contributed by atoms with E-state index >= 15 is 0 Å². The van der Waals surface area contributed by atoms with Gasteiger partial charge < -0.3 is 4.74 Å². The molecule has 0 bridgehead atoms. The van der Waals surface area contributed by atoms with Gasteiger partial charge in [-0.15, -0.1) is 0 Å². The predicted molar refractivity (Wildman–Crippen MR) is 116 cm³/mol. The largest absolute Gasteiger partial charge is 0.460 e. The van der Waals surface area contributed by atoms with Gasteiger partial charge >= 0.3 is 5.97 Å². The van der Waals surface area contributed by atoms with Crippen molar-refractivity contribution in [3.05, 3.63) is 0 Å². The Balaban J connectivity index is 1.72. The van der Waals surface area contributed by atoms with E-state index in [1.165, 1.54) is 32.1 Å². The number of carbonyl (C=O) groups is 2. The molecule has 3 nitrogen and oxygen atoms in total. The van der Waals surface area contributed by atoms with Gasteiger partial charge in [0.2, 0.25) is 4.84 Å². The van der Waals surface area contributed by atoms with Crippen molar-refractivity contribution < 1.29 is 14.3 Å². The first-order valence-electron chi connectivity index (χ1n) is 11.6. The minimum absolute atomic E-state index is 0.0781. The Kier molecular flexibility index (Phi) is 5.82. The Hall–Kier alpha value is -0.280. The van der Waals surface area contributed by atoms with Crippen LogP contribution in [0, 0.1) is 46.3 Å². The average molecular weight is 443 g/mol. The summed E-state index contributed by atoms with van der Waals surface area (Å²) in [6, 6.07) is 0. The molecular formula is C24H36Cl2O3. The van der Waals surface area contributed by atoms with Gasteiger partial charge in [-0.2, -0.15) is 0 Å². The SMILES string of the molecule is CC(=O)[C@H]1CC[C@H]2[C@@H]3CC[C@H]4C[C@H](C)CC[C@]4(C)[C@H]3[C@@H](OC(=O)C(Cl)Cl)C[C@]12C. The summed E-state index contributed by atoms with van der Waals surface area (Å²) in [6.07, 6.45) is 8.91. The molecule has 0 amide bonds. The molecule has 0 unspecified atom stereocenters. The van der Waals surface area contributed by atoms with Gasteiger partial charge in [-0.1, -0.05) is 50.4 Å². The molecule has 0 aromatic rings. The number of carbonyl (C=O) groups excluding carboxylic acids is 2. The summed E-state index contributed by atoms with van der Waals surface area (Å²) in [4.78, 5) is 23.8. The lowest BCUT2D eigenvalue weighted by Gasteiger charge is -2.62. The first-order chi connectivity index (χ1) is 13.6. The maximum atomic E-state index is 12.5. The van der Waals surface area contributed by atoms with Crippen molar-refractivity contribution in [3.63, 3.8) is 0 Å². The van der Waals surface area contributed by atoms with E-state index in [9.17, 15) is 9.59 Å². The number of ketones is 1. The number of esters is 1. The summed E-state index contributed by atoms with van der Waals surface area (Å²) in [7, 11) is 0. The van der Waals surface area contributed by atoms with Crippen LogP contribution in [0.3, 0.4) is 0 Å². The number of rotatable bonds is 3. The molecule has 0 N–H and O–H groups in total. The van der Waals surface area contributed by atoms with Crippen LogP contribution < -0.4 is 0 Å². The standard InChI is InChI=1S/C24H36Cl2O3/c1-13-9-10-23(3)15(11-13)5-6-16-18-8-7-17(14(2)27)24(18,4)12-19(20(16)23)29-22(28)21(25)26/h13,15-21H,5-12H2,1-4H3/t13-,15+,16+,17-,18+,19+,20-,23+,24-/m1/s1. The second kappa shape index (κ2) is 7.69. The van der Waals surface area contributed by atoms with Gasteiger partial charge in [-0.05, 0) is 86.4 Å². The molecule has 4 fully saturated rings. The highest BCUT2D eigenvalue weighted by Crippen LogP contribution is 2.68. The molecule has 4 rings (SSSR count).